The molecule has 0 aliphatic carbocycles. The predicted octanol–water partition coefficient (Wildman–Crippen LogP) is 6.65. The lowest BCUT2D eigenvalue weighted by Crippen LogP contribution is -2.19. The molecule has 2 aromatic rings. The third-order valence-corrected chi connectivity index (χ3v) is 4.75. The van der Waals surface area contributed by atoms with Gasteiger partial charge in [-0.05, 0) is 67.2 Å². The lowest BCUT2D eigenvalue weighted by atomic mass is 9.92. The molecular weight excluding hydrogens is 370 g/mol. The normalized spacial score (nSPS) is 12.3. The van der Waals surface area contributed by atoms with E-state index in [1.54, 1.807) is 0 Å². The minimum Gasteiger partial charge on any atom is -0.492 e. The van der Waals surface area contributed by atoms with Crippen molar-refractivity contribution in [3.8, 4) is 5.75 Å². The van der Waals surface area contributed by atoms with Gasteiger partial charge in [-0.2, -0.15) is 0 Å². The van der Waals surface area contributed by atoms with Crippen molar-refractivity contribution in [1.29, 1.82) is 0 Å². The summed E-state index contributed by atoms with van der Waals surface area (Å²) in [4.78, 5) is 12.1. The first-order valence-electron chi connectivity index (χ1n) is 10.5. The fraction of sp³-hybridized carbons (Fsp3) is 0.370. The smallest absolute Gasteiger partial charge is 0.224 e. The highest BCUT2D eigenvalue weighted by molar-refractivity contribution is 5.91. The van der Waals surface area contributed by atoms with Crippen LogP contribution < -0.4 is 10.1 Å². The van der Waals surface area contributed by atoms with Gasteiger partial charge in [0.2, 0.25) is 5.91 Å². The Labute approximate surface area is 181 Å². The van der Waals surface area contributed by atoms with Crippen LogP contribution in [0, 0.1) is 17.5 Å². The van der Waals surface area contributed by atoms with Crippen LogP contribution in [0.5, 0.6) is 5.75 Å². The average Bonchev–Trinajstić information content (AvgIpc) is 2.69. The SMILES string of the molecule is CC=C(C)C(=CC)c1c#cccc1OCCc1ccc(NC(=O)CC(C)(C)C)cc1. The Morgan fingerprint density at radius 1 is 1.10 bits per heavy atom. The number of carbonyl (C=O) groups is 1. The van der Waals surface area contributed by atoms with Gasteiger partial charge in [0.1, 0.15) is 5.75 Å². The third kappa shape index (κ3) is 7.12. The molecule has 0 radical (unpaired) electrons. The molecule has 1 amide bonds. The van der Waals surface area contributed by atoms with Crippen molar-refractivity contribution < 1.29 is 9.53 Å². The average molecular weight is 404 g/mol. The number of hydrogen-bond donors (Lipinski definition) is 1. The summed E-state index contributed by atoms with van der Waals surface area (Å²) in [5, 5.41) is 2.96. The van der Waals surface area contributed by atoms with Crippen LogP contribution in [0.3, 0.4) is 0 Å². The molecule has 3 heteroatoms. The maximum atomic E-state index is 12.1. The van der Waals surface area contributed by atoms with Crippen molar-refractivity contribution in [2.45, 2.75) is 54.4 Å². The zero-order valence-electron chi connectivity index (χ0n) is 19.1. The van der Waals surface area contributed by atoms with Crippen molar-refractivity contribution in [3.63, 3.8) is 0 Å². The van der Waals surface area contributed by atoms with E-state index in [0.717, 1.165) is 34.6 Å². The molecule has 0 spiro atoms. The molecule has 1 N–H and O–H groups in total. The van der Waals surface area contributed by atoms with Gasteiger partial charge in [0.15, 0.2) is 0 Å². The summed E-state index contributed by atoms with van der Waals surface area (Å²) in [5.41, 5.74) is 5.19. The Balaban J connectivity index is 1.96. The maximum Gasteiger partial charge on any atom is 0.224 e. The van der Waals surface area contributed by atoms with Gasteiger partial charge in [-0.25, -0.2) is 0 Å². The maximum absolute atomic E-state index is 12.1. The summed E-state index contributed by atoms with van der Waals surface area (Å²) in [6, 6.07) is 17.9. The number of ether oxygens (including phenoxy) is 1. The number of allylic oxidation sites excluding steroid dienone is 4. The molecule has 3 nitrogen and oxygen atoms in total. The second-order valence-corrected chi connectivity index (χ2v) is 8.60. The molecule has 0 atom stereocenters. The van der Waals surface area contributed by atoms with Crippen molar-refractivity contribution in [1.82, 2.24) is 0 Å². The van der Waals surface area contributed by atoms with Crippen molar-refractivity contribution >= 4 is 17.2 Å². The zero-order chi connectivity index (χ0) is 22.1. The lowest BCUT2D eigenvalue weighted by Gasteiger charge is -2.17. The molecule has 0 heterocycles. The summed E-state index contributed by atoms with van der Waals surface area (Å²) in [7, 11) is 0. The number of amides is 1. The largest absolute Gasteiger partial charge is 0.492 e. The van der Waals surface area contributed by atoms with Gasteiger partial charge in [0.25, 0.3) is 0 Å². The van der Waals surface area contributed by atoms with Crippen molar-refractivity contribution in [2.24, 2.45) is 5.41 Å². The molecule has 0 unspecified atom stereocenters. The van der Waals surface area contributed by atoms with Gasteiger partial charge in [0.05, 0.1) is 12.2 Å². The molecular formula is C27H33NO2. The molecule has 2 rings (SSSR count). The Kier molecular flexibility index (Phi) is 8.30. The van der Waals surface area contributed by atoms with Crippen LogP contribution >= 0.6 is 0 Å². The monoisotopic (exact) mass is 403 g/mol. The Morgan fingerprint density at radius 2 is 1.80 bits per heavy atom. The number of nitrogens with one attached hydrogen (secondary N) is 1. The van der Waals surface area contributed by atoms with E-state index in [9.17, 15) is 4.79 Å². The fourth-order valence-corrected chi connectivity index (χ4v) is 3.14. The van der Waals surface area contributed by atoms with Crippen LogP contribution in [-0.4, -0.2) is 12.5 Å². The van der Waals surface area contributed by atoms with E-state index in [2.05, 4.69) is 57.3 Å². The molecule has 158 valence electrons. The van der Waals surface area contributed by atoms with Crippen LogP contribution in [0.25, 0.3) is 5.57 Å². The summed E-state index contributed by atoms with van der Waals surface area (Å²) in [5.74, 6) is 0.855. The summed E-state index contributed by atoms with van der Waals surface area (Å²) in [6.07, 6.45) is 5.44. The minimum atomic E-state index is -0.0227. The van der Waals surface area contributed by atoms with E-state index < -0.39 is 0 Å². The molecule has 2 aromatic carbocycles. The highest BCUT2D eigenvalue weighted by Crippen LogP contribution is 2.29. The number of hydrogen-bond acceptors (Lipinski definition) is 2. The quantitative estimate of drug-likeness (QED) is 0.501. The van der Waals surface area contributed by atoms with Crippen LogP contribution in [0.2, 0.25) is 0 Å². The van der Waals surface area contributed by atoms with E-state index in [1.165, 1.54) is 5.57 Å². The number of carbonyl (C=O) groups excluding carboxylic acids is 1. The van der Waals surface area contributed by atoms with E-state index in [0.29, 0.717) is 13.0 Å². The summed E-state index contributed by atoms with van der Waals surface area (Å²) >= 11 is 0. The number of anilines is 1. The highest BCUT2D eigenvalue weighted by Gasteiger charge is 2.16. The van der Waals surface area contributed by atoms with Gasteiger partial charge in [-0.3, -0.25) is 4.79 Å². The van der Waals surface area contributed by atoms with E-state index >= 15 is 0 Å². The first-order chi connectivity index (χ1) is 14.2. The molecule has 0 bridgehead atoms. The number of rotatable bonds is 8. The predicted molar refractivity (Wildman–Crippen MR) is 126 cm³/mol. The van der Waals surface area contributed by atoms with Crippen LogP contribution in [0.4, 0.5) is 5.69 Å². The molecule has 0 aliphatic heterocycles. The van der Waals surface area contributed by atoms with Crippen LogP contribution in [0.1, 0.15) is 59.1 Å². The first kappa shape index (κ1) is 23.3. The Morgan fingerprint density at radius 3 is 2.40 bits per heavy atom. The van der Waals surface area contributed by atoms with Gasteiger partial charge in [-0.1, -0.05) is 57.2 Å². The topological polar surface area (TPSA) is 38.3 Å². The molecule has 0 saturated heterocycles. The van der Waals surface area contributed by atoms with Gasteiger partial charge >= 0.3 is 0 Å². The third-order valence-electron chi connectivity index (χ3n) is 4.75. The van der Waals surface area contributed by atoms with Crippen LogP contribution in [0.15, 0.2) is 54.1 Å². The summed E-state index contributed by atoms with van der Waals surface area (Å²) < 4.78 is 6.08. The Hall–Kier alpha value is -2.99. The lowest BCUT2D eigenvalue weighted by molar-refractivity contribution is -0.117. The van der Waals surface area contributed by atoms with E-state index in [-0.39, 0.29) is 11.3 Å². The molecule has 0 aliphatic rings. The van der Waals surface area contributed by atoms with Crippen molar-refractivity contribution in [2.75, 3.05) is 11.9 Å². The van der Waals surface area contributed by atoms with E-state index in [1.807, 2.05) is 50.2 Å². The molecule has 0 saturated carbocycles. The standard InChI is InChI=1S/C27H33NO2/c1-7-20(3)23(8-2)24-11-9-10-12-25(24)30-18-17-21-13-15-22(16-14-21)28-26(29)19-27(4,5)6/h7-8,10,12-16H,17-19H2,1-6H3,(H,28,29). The highest BCUT2D eigenvalue weighted by atomic mass is 16.5. The molecule has 0 fully saturated rings. The molecule has 0 aromatic heterocycles. The fourth-order valence-electron chi connectivity index (χ4n) is 3.14. The van der Waals surface area contributed by atoms with Gasteiger partial charge in [0, 0.05) is 18.5 Å². The van der Waals surface area contributed by atoms with Crippen LogP contribution in [-0.2, 0) is 11.2 Å². The summed E-state index contributed by atoms with van der Waals surface area (Å²) in [6.45, 7) is 12.9. The number of benzene rings is 1. The van der Waals surface area contributed by atoms with E-state index in [4.69, 9.17) is 4.74 Å². The molecule has 30 heavy (non-hydrogen) atoms. The first-order valence-corrected chi connectivity index (χ1v) is 10.5. The van der Waals surface area contributed by atoms with Gasteiger partial charge in [-0.15, -0.1) is 0 Å². The second-order valence-electron chi connectivity index (χ2n) is 8.60. The van der Waals surface area contributed by atoms with Gasteiger partial charge < -0.3 is 10.1 Å². The van der Waals surface area contributed by atoms with Crippen molar-refractivity contribution in [3.05, 3.63) is 77.4 Å². The second kappa shape index (κ2) is 10.7. The zero-order valence-corrected chi connectivity index (χ0v) is 19.1. The Bertz CT molecular complexity index is 899. The minimum absolute atomic E-state index is 0.0227.